The van der Waals surface area contributed by atoms with Crippen molar-refractivity contribution in [2.45, 2.75) is 11.8 Å². The minimum absolute atomic E-state index is 0.148. The number of fused-ring (bicyclic) bond motifs is 5. The molecule has 2 aliphatic carbocycles. The van der Waals surface area contributed by atoms with Gasteiger partial charge in [0.2, 0.25) is 0 Å². The molecule has 8 aromatic carbocycles. The third-order valence-electron chi connectivity index (χ3n) is 11.3. The molecule has 0 heteroatoms. The predicted octanol–water partition coefficient (Wildman–Crippen LogP) is 13.0. The van der Waals surface area contributed by atoms with E-state index in [9.17, 15) is 0 Å². The van der Waals surface area contributed by atoms with Gasteiger partial charge < -0.3 is 0 Å². The van der Waals surface area contributed by atoms with Crippen LogP contribution in [0.1, 0.15) is 27.8 Å². The van der Waals surface area contributed by atoms with Crippen molar-refractivity contribution in [2.24, 2.45) is 5.92 Å². The zero-order valence-electron chi connectivity index (χ0n) is 28.3. The van der Waals surface area contributed by atoms with Gasteiger partial charge in [-0.15, -0.1) is 0 Å². The second kappa shape index (κ2) is 12.0. The molecular formula is C51H36. The van der Waals surface area contributed by atoms with Crippen molar-refractivity contribution in [1.82, 2.24) is 0 Å². The van der Waals surface area contributed by atoms with Gasteiger partial charge >= 0.3 is 0 Å². The monoisotopic (exact) mass is 648 g/mol. The average Bonchev–Trinajstić information content (AvgIpc) is 3.88. The molecule has 0 saturated heterocycles. The molecule has 0 amide bonds. The van der Waals surface area contributed by atoms with Gasteiger partial charge in [-0.1, -0.05) is 170 Å². The lowest BCUT2D eigenvalue weighted by Crippen LogP contribution is -2.37. The van der Waals surface area contributed by atoms with Crippen molar-refractivity contribution in [1.29, 1.82) is 0 Å². The molecule has 0 radical (unpaired) electrons. The first-order valence-corrected chi connectivity index (χ1v) is 18.0. The second-order valence-corrected chi connectivity index (χ2v) is 14.1. The van der Waals surface area contributed by atoms with Gasteiger partial charge in [0.05, 0.1) is 5.41 Å². The molecule has 0 atom stereocenters. The molecule has 0 nitrogen and oxygen atoms in total. The Kier molecular flexibility index (Phi) is 6.96. The largest absolute Gasteiger partial charge is 0.0761 e. The highest BCUT2D eigenvalue weighted by molar-refractivity contribution is 5.92. The smallest absolute Gasteiger partial charge is 0.0551 e. The van der Waals surface area contributed by atoms with E-state index in [1.807, 2.05) is 0 Å². The van der Waals surface area contributed by atoms with E-state index in [2.05, 4.69) is 200 Å². The molecule has 0 unspecified atom stereocenters. The zero-order valence-corrected chi connectivity index (χ0v) is 28.3. The molecule has 240 valence electrons. The lowest BCUT2D eigenvalue weighted by Gasteiger charge is -2.41. The Morgan fingerprint density at radius 1 is 0.392 bits per heavy atom. The summed E-state index contributed by atoms with van der Waals surface area (Å²) >= 11 is 0. The van der Waals surface area contributed by atoms with Crippen LogP contribution in [0.25, 0.3) is 54.9 Å². The Morgan fingerprint density at radius 2 is 0.882 bits per heavy atom. The fourth-order valence-corrected chi connectivity index (χ4v) is 8.88. The molecule has 10 rings (SSSR count). The maximum absolute atomic E-state index is 2.53. The normalized spacial score (nSPS) is 13.6. The van der Waals surface area contributed by atoms with E-state index in [1.165, 1.54) is 82.7 Å². The zero-order chi connectivity index (χ0) is 33.8. The summed E-state index contributed by atoms with van der Waals surface area (Å²) in [4.78, 5) is 0. The highest BCUT2D eigenvalue weighted by Gasteiger charge is 2.45. The van der Waals surface area contributed by atoms with Crippen LogP contribution in [0.2, 0.25) is 0 Å². The van der Waals surface area contributed by atoms with Crippen LogP contribution in [0, 0.1) is 5.92 Å². The molecule has 0 spiro atoms. The number of hydrogen-bond acceptors (Lipinski definition) is 0. The van der Waals surface area contributed by atoms with E-state index in [-0.39, 0.29) is 5.92 Å². The van der Waals surface area contributed by atoms with Crippen LogP contribution in [0.4, 0.5) is 0 Å². The fraction of sp³-hybridized carbons (Fsp3) is 0.0588. The van der Waals surface area contributed by atoms with E-state index in [1.54, 1.807) is 0 Å². The van der Waals surface area contributed by atoms with Crippen LogP contribution in [-0.2, 0) is 11.8 Å². The summed E-state index contributed by atoms with van der Waals surface area (Å²) in [5.74, 6) is 0.148. The van der Waals surface area contributed by atoms with Gasteiger partial charge in [-0.25, -0.2) is 0 Å². The van der Waals surface area contributed by atoms with Gasteiger partial charge in [0.25, 0.3) is 0 Å². The number of benzene rings is 8. The predicted molar refractivity (Wildman–Crippen MR) is 215 cm³/mol. The first-order valence-electron chi connectivity index (χ1n) is 18.0. The van der Waals surface area contributed by atoms with Gasteiger partial charge in [-0.3, -0.25) is 0 Å². The highest BCUT2D eigenvalue weighted by atomic mass is 14.5. The minimum atomic E-state index is -0.438. The maximum Gasteiger partial charge on any atom is 0.0551 e. The van der Waals surface area contributed by atoms with Crippen molar-refractivity contribution in [3.05, 3.63) is 228 Å². The Hall–Kier alpha value is -6.24. The standard InChI is InChI=1S/C51H36/c1-3-17-44(18-4-1)51(46-21-11-12-22-46,45-19-5-2-6-20-45)50-34-43(40-26-24-36-14-8-10-16-38(36)30-40)33-48-47-31-41(27-28-42(47)32-49(48)50)39-25-23-35-13-7-9-15-37(35)29-39/h1-31,33-34,46H,32H2. The molecule has 8 aromatic rings. The average molecular weight is 649 g/mol. The third-order valence-corrected chi connectivity index (χ3v) is 11.3. The van der Waals surface area contributed by atoms with Gasteiger partial charge in [-0.05, 0) is 119 Å². The summed E-state index contributed by atoms with van der Waals surface area (Å²) in [6, 6.07) is 65.7. The molecule has 0 aliphatic heterocycles. The Bertz CT molecular complexity index is 2610. The summed E-state index contributed by atoms with van der Waals surface area (Å²) in [6.07, 6.45) is 10.1. The summed E-state index contributed by atoms with van der Waals surface area (Å²) in [5, 5.41) is 5.06. The Balaban J connectivity index is 1.27. The van der Waals surface area contributed by atoms with Gasteiger partial charge in [-0.2, -0.15) is 0 Å². The van der Waals surface area contributed by atoms with Crippen LogP contribution in [0.15, 0.2) is 200 Å². The number of hydrogen-bond donors (Lipinski definition) is 0. The first-order chi connectivity index (χ1) is 25.3. The van der Waals surface area contributed by atoms with Crippen molar-refractivity contribution in [2.75, 3.05) is 0 Å². The van der Waals surface area contributed by atoms with E-state index in [0.29, 0.717) is 0 Å². The quantitative estimate of drug-likeness (QED) is 0.157. The van der Waals surface area contributed by atoms with Gasteiger partial charge in [0.15, 0.2) is 0 Å². The fourth-order valence-electron chi connectivity index (χ4n) is 8.88. The SMILES string of the molecule is C1=CC(C(c2ccccc2)(c2ccccc2)c2cc(-c3ccc4ccccc4c3)cc3c2Cc2ccc(-c4ccc5ccccc5c4)cc2-3)C=C1. The van der Waals surface area contributed by atoms with Gasteiger partial charge in [0.1, 0.15) is 0 Å². The minimum Gasteiger partial charge on any atom is -0.0761 e. The first kappa shape index (κ1) is 29.7. The van der Waals surface area contributed by atoms with Crippen LogP contribution >= 0.6 is 0 Å². The molecule has 0 bridgehead atoms. The van der Waals surface area contributed by atoms with E-state index < -0.39 is 5.41 Å². The lowest BCUT2D eigenvalue weighted by molar-refractivity contribution is 0.525. The van der Waals surface area contributed by atoms with Gasteiger partial charge in [0, 0.05) is 5.92 Å². The van der Waals surface area contributed by atoms with Crippen molar-refractivity contribution in [3.63, 3.8) is 0 Å². The van der Waals surface area contributed by atoms with Crippen LogP contribution in [0.5, 0.6) is 0 Å². The highest BCUT2D eigenvalue weighted by Crippen LogP contribution is 2.53. The third kappa shape index (κ3) is 4.83. The summed E-state index contributed by atoms with van der Waals surface area (Å²) < 4.78 is 0. The van der Waals surface area contributed by atoms with Crippen molar-refractivity contribution in [3.8, 4) is 33.4 Å². The number of allylic oxidation sites excluding steroid dienone is 4. The molecule has 2 aliphatic rings. The molecule has 0 aromatic heterocycles. The molecule has 0 heterocycles. The van der Waals surface area contributed by atoms with E-state index in [0.717, 1.165) is 6.42 Å². The molecule has 51 heavy (non-hydrogen) atoms. The Labute approximate surface area is 299 Å². The van der Waals surface area contributed by atoms with Crippen LogP contribution in [0.3, 0.4) is 0 Å². The van der Waals surface area contributed by atoms with E-state index >= 15 is 0 Å². The topological polar surface area (TPSA) is 0 Å². The van der Waals surface area contributed by atoms with E-state index in [4.69, 9.17) is 0 Å². The van der Waals surface area contributed by atoms with Crippen molar-refractivity contribution < 1.29 is 0 Å². The molecule has 0 N–H and O–H groups in total. The van der Waals surface area contributed by atoms with Crippen LogP contribution in [-0.4, -0.2) is 0 Å². The molecular weight excluding hydrogens is 613 g/mol. The molecule has 0 fully saturated rings. The van der Waals surface area contributed by atoms with Crippen molar-refractivity contribution >= 4 is 21.5 Å². The Morgan fingerprint density at radius 3 is 1.49 bits per heavy atom. The lowest BCUT2D eigenvalue weighted by atomic mass is 9.60. The second-order valence-electron chi connectivity index (χ2n) is 14.1. The number of rotatable bonds is 6. The maximum atomic E-state index is 2.53. The molecule has 0 saturated carbocycles. The summed E-state index contributed by atoms with van der Waals surface area (Å²) in [6.45, 7) is 0. The summed E-state index contributed by atoms with van der Waals surface area (Å²) in [5.41, 5.74) is 14.0. The summed E-state index contributed by atoms with van der Waals surface area (Å²) in [7, 11) is 0. The van der Waals surface area contributed by atoms with Crippen LogP contribution < -0.4 is 0 Å².